The van der Waals surface area contributed by atoms with Crippen LogP contribution in [0.25, 0.3) is 5.69 Å². The Morgan fingerprint density at radius 1 is 0.958 bits per heavy atom. The second-order valence-electron chi connectivity index (χ2n) is 12.3. The van der Waals surface area contributed by atoms with Crippen molar-refractivity contribution in [2.75, 3.05) is 62.3 Å². The van der Waals surface area contributed by atoms with Crippen LogP contribution in [-0.4, -0.2) is 94.1 Å². The standard InChI is InChI=1S/C35H41N9O4/c1-3-27(2)44-34(45)43(26-39-44)31-8-6-29(7-9-31)40-16-18-41(19-17-40)30-10-12-32(13-11-30)46-22-33-23-47-35(48-33,28-20-36-25-37-21-28)24-42-15-5-4-14-38-42/h4-14,20-21,25-27,33H,3,15-19,22-24H2,1-2H3. The molecule has 3 aliphatic heterocycles. The summed E-state index contributed by atoms with van der Waals surface area (Å²) in [6.07, 6.45) is 12.9. The minimum Gasteiger partial charge on any atom is -0.491 e. The third-order valence-corrected chi connectivity index (χ3v) is 9.13. The molecule has 0 saturated carbocycles. The first kappa shape index (κ1) is 31.6. The summed E-state index contributed by atoms with van der Waals surface area (Å²) in [5.74, 6) is -0.246. The van der Waals surface area contributed by atoms with Gasteiger partial charge in [-0.3, -0.25) is 5.01 Å². The molecule has 5 heterocycles. The van der Waals surface area contributed by atoms with Crippen molar-refractivity contribution in [1.29, 1.82) is 0 Å². The molecule has 4 aromatic rings. The number of ether oxygens (including phenoxy) is 3. The SMILES string of the molecule is CCC(C)n1ncn(-c2ccc(N3CCN(c4ccc(OCC5COC(CN6CC=CC=N6)(c6cncnc6)O5)cc4)CC3)cc2)c1=O. The number of benzene rings is 2. The molecule has 3 unspecified atom stereocenters. The number of hydrogen-bond acceptors (Lipinski definition) is 11. The molecule has 2 saturated heterocycles. The molecule has 2 aromatic heterocycles. The summed E-state index contributed by atoms with van der Waals surface area (Å²) in [5, 5.41) is 10.6. The van der Waals surface area contributed by atoms with Crippen molar-refractivity contribution in [3.63, 3.8) is 0 Å². The second kappa shape index (κ2) is 14.0. The van der Waals surface area contributed by atoms with E-state index in [0.29, 0.717) is 26.3 Å². The molecular weight excluding hydrogens is 610 g/mol. The predicted molar refractivity (Wildman–Crippen MR) is 183 cm³/mol. The van der Waals surface area contributed by atoms with E-state index < -0.39 is 5.79 Å². The number of hydrazone groups is 1. The number of anilines is 2. The maximum Gasteiger partial charge on any atom is 0.350 e. The highest BCUT2D eigenvalue weighted by atomic mass is 16.8. The van der Waals surface area contributed by atoms with Crippen LogP contribution in [-0.2, 0) is 15.3 Å². The summed E-state index contributed by atoms with van der Waals surface area (Å²) in [5.41, 5.74) is 3.77. The lowest BCUT2D eigenvalue weighted by Crippen LogP contribution is -2.46. The highest BCUT2D eigenvalue weighted by Gasteiger charge is 2.45. The molecule has 0 bridgehead atoms. The van der Waals surface area contributed by atoms with Crippen molar-refractivity contribution in [1.82, 2.24) is 29.3 Å². The molecule has 3 aliphatic rings. The minimum absolute atomic E-state index is 0.0703. The molecule has 2 aromatic carbocycles. The Labute approximate surface area is 279 Å². The van der Waals surface area contributed by atoms with E-state index in [2.05, 4.69) is 61.2 Å². The Morgan fingerprint density at radius 3 is 2.27 bits per heavy atom. The average Bonchev–Trinajstić information content (AvgIpc) is 3.75. The molecule has 7 rings (SSSR count). The number of allylic oxidation sites excluding steroid dienone is 1. The van der Waals surface area contributed by atoms with E-state index >= 15 is 0 Å². The van der Waals surface area contributed by atoms with E-state index in [1.807, 2.05) is 48.4 Å². The number of piperazine rings is 1. The summed E-state index contributed by atoms with van der Waals surface area (Å²) >= 11 is 0. The van der Waals surface area contributed by atoms with Crippen LogP contribution in [0.4, 0.5) is 11.4 Å². The van der Waals surface area contributed by atoms with Crippen molar-refractivity contribution >= 4 is 17.6 Å². The normalized spacial score (nSPS) is 21.5. The monoisotopic (exact) mass is 651 g/mol. The van der Waals surface area contributed by atoms with E-state index in [4.69, 9.17) is 14.2 Å². The molecule has 0 N–H and O–H groups in total. The van der Waals surface area contributed by atoms with Gasteiger partial charge in [-0.05, 0) is 68.0 Å². The minimum atomic E-state index is -1.03. The van der Waals surface area contributed by atoms with E-state index in [1.165, 1.54) is 6.33 Å². The van der Waals surface area contributed by atoms with Gasteiger partial charge in [0.05, 0.1) is 31.4 Å². The molecular formula is C35H41N9O4. The van der Waals surface area contributed by atoms with Crippen LogP contribution >= 0.6 is 0 Å². The fourth-order valence-corrected chi connectivity index (χ4v) is 6.20. The van der Waals surface area contributed by atoms with Crippen LogP contribution in [0.2, 0.25) is 0 Å². The van der Waals surface area contributed by atoms with Gasteiger partial charge in [0.1, 0.15) is 31.1 Å². The van der Waals surface area contributed by atoms with Gasteiger partial charge in [-0.15, -0.1) is 0 Å². The largest absolute Gasteiger partial charge is 0.491 e. The first-order valence-electron chi connectivity index (χ1n) is 16.5. The Balaban J connectivity index is 0.909. The van der Waals surface area contributed by atoms with Gasteiger partial charge in [0, 0.05) is 61.7 Å². The number of nitrogens with zero attached hydrogens (tertiary/aromatic N) is 9. The van der Waals surface area contributed by atoms with Crippen molar-refractivity contribution < 1.29 is 14.2 Å². The molecule has 250 valence electrons. The van der Waals surface area contributed by atoms with Crippen LogP contribution in [0.3, 0.4) is 0 Å². The molecule has 48 heavy (non-hydrogen) atoms. The first-order chi connectivity index (χ1) is 23.5. The first-order valence-corrected chi connectivity index (χ1v) is 16.5. The van der Waals surface area contributed by atoms with E-state index in [0.717, 1.165) is 61.0 Å². The molecule has 13 heteroatoms. The Morgan fingerprint density at radius 2 is 1.62 bits per heavy atom. The highest BCUT2D eigenvalue weighted by molar-refractivity contribution is 5.71. The van der Waals surface area contributed by atoms with Crippen LogP contribution in [0.1, 0.15) is 31.9 Å². The Hall–Kier alpha value is -5.01. The Bertz CT molecular complexity index is 1770. The van der Waals surface area contributed by atoms with Crippen molar-refractivity contribution in [2.24, 2.45) is 5.10 Å². The van der Waals surface area contributed by atoms with E-state index in [-0.39, 0.29) is 17.8 Å². The lowest BCUT2D eigenvalue weighted by molar-refractivity contribution is -0.191. The van der Waals surface area contributed by atoms with Gasteiger partial charge in [-0.2, -0.15) is 10.2 Å². The second-order valence-corrected chi connectivity index (χ2v) is 12.3. The topological polar surface area (TPSA) is 115 Å². The molecule has 0 spiro atoms. The van der Waals surface area contributed by atoms with Gasteiger partial charge >= 0.3 is 5.69 Å². The molecule has 0 aliphatic carbocycles. The number of hydrogen-bond donors (Lipinski definition) is 0. The lowest BCUT2D eigenvalue weighted by Gasteiger charge is -2.37. The summed E-state index contributed by atoms with van der Waals surface area (Å²) in [7, 11) is 0. The summed E-state index contributed by atoms with van der Waals surface area (Å²) in [6, 6.07) is 16.4. The van der Waals surface area contributed by atoms with Crippen LogP contribution < -0.4 is 20.2 Å². The zero-order valence-corrected chi connectivity index (χ0v) is 27.3. The van der Waals surface area contributed by atoms with Crippen molar-refractivity contribution in [3.05, 3.63) is 102 Å². The van der Waals surface area contributed by atoms with Crippen LogP contribution in [0, 0.1) is 0 Å². The number of aromatic nitrogens is 5. The fraction of sp³-hybridized carbons (Fsp3) is 0.400. The van der Waals surface area contributed by atoms with Gasteiger partial charge in [0.15, 0.2) is 0 Å². The zero-order chi connectivity index (χ0) is 32.9. The maximum atomic E-state index is 12.8. The molecule has 3 atom stereocenters. The maximum absolute atomic E-state index is 12.8. The third-order valence-electron chi connectivity index (χ3n) is 9.13. The van der Waals surface area contributed by atoms with Crippen LogP contribution in [0.5, 0.6) is 5.75 Å². The van der Waals surface area contributed by atoms with E-state index in [1.54, 1.807) is 34.2 Å². The number of rotatable bonds is 11. The summed E-state index contributed by atoms with van der Waals surface area (Å²) < 4.78 is 22.0. The summed E-state index contributed by atoms with van der Waals surface area (Å²) in [6.45, 7) is 9.48. The molecule has 0 amide bonds. The Kier molecular flexibility index (Phi) is 9.21. The van der Waals surface area contributed by atoms with Crippen molar-refractivity contribution in [3.8, 4) is 11.4 Å². The summed E-state index contributed by atoms with van der Waals surface area (Å²) in [4.78, 5) is 25.9. The smallest absolute Gasteiger partial charge is 0.350 e. The van der Waals surface area contributed by atoms with E-state index in [9.17, 15) is 4.79 Å². The van der Waals surface area contributed by atoms with Crippen molar-refractivity contribution in [2.45, 2.75) is 38.2 Å². The molecule has 2 fully saturated rings. The molecule has 13 nitrogen and oxygen atoms in total. The van der Waals surface area contributed by atoms with Gasteiger partial charge in [-0.1, -0.05) is 13.0 Å². The fourth-order valence-electron chi connectivity index (χ4n) is 6.20. The van der Waals surface area contributed by atoms with Gasteiger partial charge in [-0.25, -0.2) is 24.0 Å². The third kappa shape index (κ3) is 6.69. The van der Waals surface area contributed by atoms with Gasteiger partial charge in [0.2, 0.25) is 5.79 Å². The predicted octanol–water partition coefficient (Wildman–Crippen LogP) is 3.63. The average molecular weight is 652 g/mol. The van der Waals surface area contributed by atoms with Crippen LogP contribution in [0.15, 0.2) is 95.6 Å². The van der Waals surface area contributed by atoms with Gasteiger partial charge in [0.25, 0.3) is 0 Å². The molecule has 0 radical (unpaired) electrons. The van der Waals surface area contributed by atoms with Gasteiger partial charge < -0.3 is 24.0 Å². The highest BCUT2D eigenvalue weighted by Crippen LogP contribution is 2.35. The quantitative estimate of drug-likeness (QED) is 0.238. The zero-order valence-electron chi connectivity index (χ0n) is 27.3. The lowest BCUT2D eigenvalue weighted by atomic mass is 10.1.